The van der Waals surface area contributed by atoms with E-state index in [1.807, 2.05) is 23.3 Å². The third kappa shape index (κ3) is 3.39. The number of anilines is 2. The minimum atomic E-state index is -0.0555. The van der Waals surface area contributed by atoms with Crippen molar-refractivity contribution < 1.29 is 0 Å². The smallest absolute Gasteiger partial charge is 0.281 e. The van der Waals surface area contributed by atoms with Gasteiger partial charge in [0.15, 0.2) is 11.2 Å². The third-order valence-corrected chi connectivity index (χ3v) is 5.99. The molecule has 27 heavy (non-hydrogen) atoms. The zero-order valence-electron chi connectivity index (χ0n) is 15.9. The summed E-state index contributed by atoms with van der Waals surface area (Å²) >= 11 is 1.94. The van der Waals surface area contributed by atoms with Crippen molar-refractivity contribution in [1.29, 1.82) is 0 Å². The lowest BCUT2D eigenvalue weighted by atomic mass is 10.4. The molecule has 0 atom stereocenters. The van der Waals surface area contributed by atoms with Gasteiger partial charge in [0.05, 0.1) is 6.54 Å². The predicted molar refractivity (Wildman–Crippen MR) is 111 cm³/mol. The third-order valence-electron chi connectivity index (χ3n) is 5.05. The zero-order valence-corrected chi connectivity index (χ0v) is 16.7. The quantitative estimate of drug-likeness (QED) is 0.750. The maximum atomic E-state index is 13.2. The number of hydrogen-bond donors (Lipinski definition) is 1. The monoisotopic (exact) mass is 387 g/mol. The topological polar surface area (TPSA) is 71.2 Å². The molecule has 0 amide bonds. The summed E-state index contributed by atoms with van der Waals surface area (Å²) in [7, 11) is 1.80. The van der Waals surface area contributed by atoms with Crippen molar-refractivity contribution in [1.82, 2.24) is 24.4 Å². The normalized spacial score (nSPS) is 17.9. The van der Waals surface area contributed by atoms with Crippen molar-refractivity contribution in [3.63, 3.8) is 0 Å². The van der Waals surface area contributed by atoms with Crippen LogP contribution in [-0.4, -0.2) is 69.9 Å². The first-order valence-electron chi connectivity index (χ1n) is 9.36. The molecule has 4 heterocycles. The maximum Gasteiger partial charge on any atom is 0.281 e. The van der Waals surface area contributed by atoms with Crippen LogP contribution in [0.2, 0.25) is 0 Å². The Kier molecular flexibility index (Phi) is 5.27. The fraction of sp³-hybridized carbons (Fsp3) is 0.611. The number of hydrogen-bond acceptors (Lipinski definition) is 7. The van der Waals surface area contributed by atoms with Crippen LogP contribution in [0.4, 0.5) is 11.9 Å². The first kappa shape index (κ1) is 18.2. The van der Waals surface area contributed by atoms with E-state index in [2.05, 4.69) is 27.0 Å². The Morgan fingerprint density at radius 3 is 2.44 bits per heavy atom. The number of nitrogens with one attached hydrogen (secondary N) is 1. The highest BCUT2D eigenvalue weighted by molar-refractivity contribution is 7.99. The summed E-state index contributed by atoms with van der Waals surface area (Å²) < 4.78 is 3.60. The lowest BCUT2D eigenvalue weighted by molar-refractivity contribution is 0.573. The maximum absolute atomic E-state index is 13.2. The lowest BCUT2D eigenvalue weighted by Crippen LogP contribution is -2.44. The van der Waals surface area contributed by atoms with Gasteiger partial charge in [-0.05, 0) is 6.92 Å². The molecule has 2 aliphatic rings. The average Bonchev–Trinajstić information content (AvgIpc) is 3.09. The number of imidazole rings is 1. The molecule has 2 fully saturated rings. The van der Waals surface area contributed by atoms with Gasteiger partial charge in [-0.2, -0.15) is 21.7 Å². The summed E-state index contributed by atoms with van der Waals surface area (Å²) in [6.45, 7) is 7.61. The van der Waals surface area contributed by atoms with Gasteiger partial charge in [0.25, 0.3) is 5.56 Å². The van der Waals surface area contributed by atoms with Crippen molar-refractivity contribution in [2.24, 2.45) is 7.05 Å². The second-order valence-corrected chi connectivity index (χ2v) is 7.93. The Morgan fingerprint density at radius 2 is 1.74 bits per heavy atom. The van der Waals surface area contributed by atoms with E-state index in [-0.39, 0.29) is 5.56 Å². The molecule has 9 heteroatoms. The van der Waals surface area contributed by atoms with Crippen LogP contribution in [0.25, 0.3) is 11.2 Å². The standard InChI is InChI=1S/C18H25N7OS/c1-3-4-7-25-14-15(21-18(25)23-8-5-19-6-9-23)20-17(22(2)16(14)26)24-10-12-27-13-11-24/h19H,5-13H2,1-2H3. The molecule has 0 radical (unpaired) electrons. The highest BCUT2D eigenvalue weighted by atomic mass is 32.2. The molecule has 0 bridgehead atoms. The van der Waals surface area contributed by atoms with Crippen LogP contribution in [0.3, 0.4) is 0 Å². The first-order chi connectivity index (χ1) is 13.2. The highest BCUT2D eigenvalue weighted by Crippen LogP contribution is 2.23. The number of nitrogens with zero attached hydrogens (tertiary/aromatic N) is 6. The highest BCUT2D eigenvalue weighted by Gasteiger charge is 2.24. The van der Waals surface area contributed by atoms with Gasteiger partial charge in [0.1, 0.15) is 0 Å². The number of piperazine rings is 1. The van der Waals surface area contributed by atoms with E-state index < -0.39 is 0 Å². The molecule has 4 rings (SSSR count). The minimum Gasteiger partial charge on any atom is -0.340 e. The van der Waals surface area contributed by atoms with Gasteiger partial charge in [-0.15, -0.1) is 5.92 Å². The summed E-state index contributed by atoms with van der Waals surface area (Å²) in [4.78, 5) is 27.2. The van der Waals surface area contributed by atoms with Crippen LogP contribution in [0.5, 0.6) is 0 Å². The van der Waals surface area contributed by atoms with Gasteiger partial charge in [-0.25, -0.2) is 0 Å². The van der Waals surface area contributed by atoms with Gasteiger partial charge >= 0.3 is 0 Å². The van der Waals surface area contributed by atoms with E-state index in [9.17, 15) is 4.79 Å². The van der Waals surface area contributed by atoms with Gasteiger partial charge in [0.2, 0.25) is 11.9 Å². The van der Waals surface area contributed by atoms with E-state index in [0.29, 0.717) is 23.7 Å². The number of rotatable bonds is 3. The summed E-state index contributed by atoms with van der Waals surface area (Å²) in [6, 6.07) is 0. The summed E-state index contributed by atoms with van der Waals surface area (Å²) in [6.07, 6.45) is 0. The van der Waals surface area contributed by atoms with Crippen LogP contribution < -0.4 is 20.7 Å². The molecular formula is C18H25N7OS. The lowest BCUT2D eigenvalue weighted by Gasteiger charge is -2.28. The van der Waals surface area contributed by atoms with Crippen LogP contribution in [-0.2, 0) is 13.6 Å². The van der Waals surface area contributed by atoms with E-state index in [4.69, 9.17) is 9.97 Å². The van der Waals surface area contributed by atoms with Gasteiger partial charge in [-0.3, -0.25) is 13.9 Å². The Morgan fingerprint density at radius 1 is 1.07 bits per heavy atom. The van der Waals surface area contributed by atoms with Crippen LogP contribution in [0.1, 0.15) is 6.92 Å². The van der Waals surface area contributed by atoms with Gasteiger partial charge < -0.3 is 15.1 Å². The number of fused-ring (bicyclic) bond motifs is 1. The molecule has 2 aromatic heterocycles. The van der Waals surface area contributed by atoms with E-state index in [1.165, 1.54) is 0 Å². The van der Waals surface area contributed by atoms with Crippen molar-refractivity contribution in [2.75, 3.05) is 60.6 Å². The molecular weight excluding hydrogens is 362 g/mol. The molecule has 2 saturated heterocycles. The summed E-state index contributed by atoms with van der Waals surface area (Å²) in [5, 5.41) is 3.36. The molecule has 144 valence electrons. The second-order valence-electron chi connectivity index (χ2n) is 6.71. The molecule has 0 aromatic carbocycles. The zero-order chi connectivity index (χ0) is 18.8. The van der Waals surface area contributed by atoms with Crippen molar-refractivity contribution in [3.05, 3.63) is 10.4 Å². The van der Waals surface area contributed by atoms with Crippen LogP contribution in [0, 0.1) is 11.8 Å². The van der Waals surface area contributed by atoms with Gasteiger partial charge in [-0.1, -0.05) is 5.92 Å². The fourth-order valence-electron chi connectivity index (χ4n) is 3.60. The fourth-order valence-corrected chi connectivity index (χ4v) is 4.50. The summed E-state index contributed by atoms with van der Waals surface area (Å²) in [5.74, 6) is 9.64. The Hall–Kier alpha value is -2.18. The average molecular weight is 388 g/mol. The Balaban J connectivity index is 1.86. The van der Waals surface area contributed by atoms with Crippen LogP contribution in [0.15, 0.2) is 4.79 Å². The predicted octanol–water partition coefficient (Wildman–Crippen LogP) is 0.116. The Labute approximate surface area is 162 Å². The Bertz CT molecular complexity index is 942. The molecule has 2 aromatic rings. The number of thioether (sulfide) groups is 1. The first-order valence-corrected chi connectivity index (χ1v) is 10.5. The van der Waals surface area contributed by atoms with Crippen LogP contribution >= 0.6 is 11.8 Å². The van der Waals surface area contributed by atoms with Gasteiger partial charge in [0, 0.05) is 57.8 Å². The molecule has 1 N–H and O–H groups in total. The van der Waals surface area contributed by atoms with E-state index in [0.717, 1.165) is 56.7 Å². The SMILES string of the molecule is CC#CCn1c(N2CCNCC2)nc2nc(N3CCSCC3)n(C)c(=O)c21. The molecule has 8 nitrogen and oxygen atoms in total. The number of aromatic nitrogens is 4. The van der Waals surface area contributed by atoms with E-state index >= 15 is 0 Å². The van der Waals surface area contributed by atoms with Crippen molar-refractivity contribution in [2.45, 2.75) is 13.5 Å². The largest absolute Gasteiger partial charge is 0.340 e. The van der Waals surface area contributed by atoms with E-state index in [1.54, 1.807) is 11.6 Å². The molecule has 0 saturated carbocycles. The van der Waals surface area contributed by atoms with Crippen molar-refractivity contribution in [3.8, 4) is 11.8 Å². The molecule has 0 spiro atoms. The molecule has 0 unspecified atom stereocenters. The minimum absolute atomic E-state index is 0.0555. The molecule has 0 aliphatic carbocycles. The second kappa shape index (κ2) is 7.82. The molecule has 2 aliphatic heterocycles. The van der Waals surface area contributed by atoms with Crippen molar-refractivity contribution >= 4 is 34.8 Å². The summed E-state index contributed by atoms with van der Waals surface area (Å²) in [5.41, 5.74) is 1.02.